The van der Waals surface area contributed by atoms with Gasteiger partial charge < -0.3 is 18.9 Å². The van der Waals surface area contributed by atoms with Crippen LogP contribution in [0.1, 0.15) is 17.4 Å². The predicted molar refractivity (Wildman–Crippen MR) is 57.5 cm³/mol. The molecule has 0 fully saturated rings. The van der Waals surface area contributed by atoms with Crippen molar-refractivity contribution in [3.05, 3.63) is 24.1 Å². The molecule has 90 valence electrons. The molecule has 0 saturated heterocycles. The molecule has 0 unspecified atom stereocenters. The van der Waals surface area contributed by atoms with Gasteiger partial charge in [-0.3, -0.25) is 4.79 Å². The average molecular weight is 237 g/mol. The Hall–Kier alpha value is -2.24. The molecule has 17 heavy (non-hydrogen) atoms. The highest BCUT2D eigenvalue weighted by Gasteiger charge is 2.12. The molecular formula is C11H11NO5. The highest BCUT2D eigenvalue weighted by molar-refractivity contribution is 5.93. The Morgan fingerprint density at radius 3 is 2.82 bits per heavy atom. The summed E-state index contributed by atoms with van der Waals surface area (Å²) in [6, 6.07) is 3.27. The first-order valence-corrected chi connectivity index (χ1v) is 5.03. The fraction of sp³-hybridized carbons (Fsp3) is 0.273. The van der Waals surface area contributed by atoms with Gasteiger partial charge in [-0.05, 0) is 0 Å². The van der Waals surface area contributed by atoms with Crippen molar-refractivity contribution in [2.24, 2.45) is 0 Å². The zero-order valence-electron chi connectivity index (χ0n) is 9.19. The minimum atomic E-state index is -0.511. The van der Waals surface area contributed by atoms with Gasteiger partial charge in [0.15, 0.2) is 5.58 Å². The van der Waals surface area contributed by atoms with Gasteiger partial charge in [0.2, 0.25) is 0 Å². The molecule has 0 aromatic carbocycles. The Morgan fingerprint density at radius 1 is 1.35 bits per heavy atom. The summed E-state index contributed by atoms with van der Waals surface area (Å²) in [5.41, 5.74) is 1.64. The topological polar surface area (TPSA) is 81.5 Å². The normalized spacial score (nSPS) is 10.4. The maximum atomic E-state index is 11.5. The lowest BCUT2D eigenvalue weighted by molar-refractivity contribution is -0.142. The third kappa shape index (κ3) is 2.66. The number of carbonyl (C=O) groups is 2. The van der Waals surface area contributed by atoms with Crippen molar-refractivity contribution < 1.29 is 23.5 Å². The monoisotopic (exact) mass is 237 g/mol. The lowest BCUT2D eigenvalue weighted by Gasteiger charge is -2.03. The molecule has 1 N–H and O–H groups in total. The Bertz CT molecular complexity index is 510. The second-order valence-corrected chi connectivity index (χ2v) is 3.36. The largest absolute Gasteiger partial charge is 0.463 e. The summed E-state index contributed by atoms with van der Waals surface area (Å²) in [6.07, 6.45) is 1.52. The van der Waals surface area contributed by atoms with E-state index in [0.717, 1.165) is 5.52 Å². The van der Waals surface area contributed by atoms with Crippen LogP contribution < -0.4 is 0 Å². The van der Waals surface area contributed by atoms with Crippen LogP contribution in [0.5, 0.6) is 0 Å². The van der Waals surface area contributed by atoms with Gasteiger partial charge >= 0.3 is 11.9 Å². The molecule has 0 amide bonds. The quantitative estimate of drug-likeness (QED) is 0.643. The van der Waals surface area contributed by atoms with Gasteiger partial charge in [0, 0.05) is 19.1 Å². The first kappa shape index (κ1) is 11.3. The van der Waals surface area contributed by atoms with Gasteiger partial charge in [-0.25, -0.2) is 4.79 Å². The molecule has 2 heterocycles. The number of hydrogen-bond acceptors (Lipinski definition) is 5. The van der Waals surface area contributed by atoms with Crippen molar-refractivity contribution >= 4 is 23.0 Å². The number of esters is 2. The molecule has 0 aliphatic rings. The van der Waals surface area contributed by atoms with E-state index in [9.17, 15) is 9.59 Å². The van der Waals surface area contributed by atoms with Crippen LogP contribution in [0.15, 0.2) is 22.8 Å². The van der Waals surface area contributed by atoms with E-state index >= 15 is 0 Å². The van der Waals surface area contributed by atoms with E-state index in [0.29, 0.717) is 11.3 Å². The average Bonchev–Trinajstić information content (AvgIpc) is 2.83. The fourth-order valence-electron chi connectivity index (χ4n) is 1.36. The molecule has 0 aliphatic heterocycles. The van der Waals surface area contributed by atoms with Crippen molar-refractivity contribution in [1.82, 2.24) is 4.98 Å². The number of nitrogens with one attached hydrogen (secondary N) is 1. The van der Waals surface area contributed by atoms with Gasteiger partial charge in [0.1, 0.15) is 18.9 Å². The molecule has 0 bridgehead atoms. The van der Waals surface area contributed by atoms with E-state index in [2.05, 4.69) is 9.72 Å². The maximum Gasteiger partial charge on any atom is 0.355 e. The summed E-state index contributed by atoms with van der Waals surface area (Å²) >= 11 is 0. The molecule has 0 spiro atoms. The molecule has 0 saturated carbocycles. The molecule has 0 atom stereocenters. The Balaban J connectivity index is 1.87. The Morgan fingerprint density at radius 2 is 2.12 bits per heavy atom. The van der Waals surface area contributed by atoms with Crippen LogP contribution in [-0.2, 0) is 14.3 Å². The number of ether oxygens (including phenoxy) is 2. The van der Waals surface area contributed by atoms with Crippen LogP contribution in [0.3, 0.4) is 0 Å². The lowest BCUT2D eigenvalue weighted by atomic mass is 10.4. The highest BCUT2D eigenvalue weighted by atomic mass is 16.6. The third-order valence-corrected chi connectivity index (χ3v) is 2.08. The van der Waals surface area contributed by atoms with Crippen LogP contribution in [0, 0.1) is 0 Å². The van der Waals surface area contributed by atoms with Gasteiger partial charge in [-0.1, -0.05) is 0 Å². The van der Waals surface area contributed by atoms with Crippen molar-refractivity contribution in [3.63, 3.8) is 0 Å². The second-order valence-electron chi connectivity index (χ2n) is 3.36. The highest BCUT2D eigenvalue weighted by Crippen LogP contribution is 2.16. The van der Waals surface area contributed by atoms with Crippen molar-refractivity contribution in [3.8, 4) is 0 Å². The summed E-state index contributed by atoms with van der Waals surface area (Å²) in [7, 11) is 0. The molecule has 2 rings (SSSR count). The van der Waals surface area contributed by atoms with Crippen LogP contribution in [0.2, 0.25) is 0 Å². The SMILES string of the molecule is CC(=O)OCCOC(=O)c1cc2occc2[nH]1. The minimum Gasteiger partial charge on any atom is -0.463 e. The molecule has 0 aliphatic carbocycles. The second kappa shape index (κ2) is 4.73. The summed E-state index contributed by atoms with van der Waals surface area (Å²) < 4.78 is 14.6. The molecule has 0 radical (unpaired) electrons. The summed E-state index contributed by atoms with van der Waals surface area (Å²) in [5.74, 6) is -0.915. The number of fused-ring (bicyclic) bond motifs is 1. The molecule has 6 heteroatoms. The Labute approximate surface area is 96.5 Å². The number of H-pyrrole nitrogens is 1. The van der Waals surface area contributed by atoms with Crippen molar-refractivity contribution in [1.29, 1.82) is 0 Å². The van der Waals surface area contributed by atoms with E-state index in [4.69, 9.17) is 9.15 Å². The standard InChI is InChI=1S/C11H11NO5/c1-7(13)15-4-5-17-11(14)9-6-10-8(12-9)2-3-16-10/h2-3,6,12H,4-5H2,1H3. The summed E-state index contributed by atoms with van der Waals surface area (Å²) in [6.45, 7) is 1.37. The molecular weight excluding hydrogens is 226 g/mol. The van der Waals surface area contributed by atoms with Crippen LogP contribution in [0.25, 0.3) is 11.1 Å². The minimum absolute atomic E-state index is 0.0266. The predicted octanol–water partition coefficient (Wildman–Crippen LogP) is 1.48. The van der Waals surface area contributed by atoms with Crippen LogP contribution in [0.4, 0.5) is 0 Å². The first-order chi connectivity index (χ1) is 8.16. The third-order valence-electron chi connectivity index (χ3n) is 2.08. The maximum absolute atomic E-state index is 11.5. The van der Waals surface area contributed by atoms with E-state index in [1.807, 2.05) is 0 Å². The van der Waals surface area contributed by atoms with E-state index < -0.39 is 11.9 Å². The van der Waals surface area contributed by atoms with Crippen molar-refractivity contribution in [2.75, 3.05) is 13.2 Å². The van der Waals surface area contributed by atoms with E-state index in [-0.39, 0.29) is 13.2 Å². The number of aromatic nitrogens is 1. The lowest BCUT2D eigenvalue weighted by Crippen LogP contribution is -2.12. The van der Waals surface area contributed by atoms with Crippen molar-refractivity contribution in [2.45, 2.75) is 6.92 Å². The number of furan rings is 1. The van der Waals surface area contributed by atoms with Gasteiger partial charge in [-0.2, -0.15) is 0 Å². The van der Waals surface area contributed by atoms with Crippen LogP contribution >= 0.6 is 0 Å². The van der Waals surface area contributed by atoms with Gasteiger partial charge in [0.25, 0.3) is 0 Å². The molecule has 2 aromatic heterocycles. The summed E-state index contributed by atoms with van der Waals surface area (Å²) in [5, 5.41) is 0. The summed E-state index contributed by atoms with van der Waals surface area (Å²) in [4.78, 5) is 24.8. The number of hydrogen-bond donors (Lipinski definition) is 1. The number of aromatic amines is 1. The molecule has 6 nitrogen and oxygen atoms in total. The number of rotatable bonds is 4. The zero-order valence-corrected chi connectivity index (χ0v) is 9.19. The van der Waals surface area contributed by atoms with E-state index in [1.54, 1.807) is 12.1 Å². The van der Waals surface area contributed by atoms with E-state index in [1.165, 1.54) is 13.2 Å². The smallest absolute Gasteiger partial charge is 0.355 e. The Kier molecular flexibility index (Phi) is 3.13. The van der Waals surface area contributed by atoms with Gasteiger partial charge in [0.05, 0.1) is 11.8 Å². The van der Waals surface area contributed by atoms with Crippen LogP contribution in [-0.4, -0.2) is 30.1 Å². The fourth-order valence-corrected chi connectivity index (χ4v) is 1.36. The van der Waals surface area contributed by atoms with Gasteiger partial charge in [-0.15, -0.1) is 0 Å². The zero-order chi connectivity index (χ0) is 12.3. The molecule has 2 aromatic rings. The first-order valence-electron chi connectivity index (χ1n) is 5.03. The number of carbonyl (C=O) groups excluding carboxylic acids is 2.